The first-order chi connectivity index (χ1) is 12.9. The van der Waals surface area contributed by atoms with E-state index in [2.05, 4.69) is 4.98 Å². The van der Waals surface area contributed by atoms with Crippen LogP contribution in [0.1, 0.15) is 5.69 Å². The van der Waals surface area contributed by atoms with Crippen molar-refractivity contribution >= 4 is 44.5 Å². The normalized spacial score (nSPS) is 16.1. The average Bonchev–Trinajstić information content (AvgIpc) is 3.27. The molecule has 1 aliphatic heterocycles. The van der Waals surface area contributed by atoms with Gasteiger partial charge < -0.3 is 9.30 Å². The number of hydrogen-bond donors (Lipinski definition) is 0. The monoisotopic (exact) mass is 424 g/mol. The summed E-state index contributed by atoms with van der Waals surface area (Å²) in [6, 6.07) is 8.78. The van der Waals surface area contributed by atoms with Crippen molar-refractivity contribution in [3.63, 3.8) is 0 Å². The summed E-state index contributed by atoms with van der Waals surface area (Å²) in [6.07, 6.45) is 3.93. The van der Waals surface area contributed by atoms with Gasteiger partial charge in [-0.25, -0.2) is 13.4 Å². The molecule has 27 heavy (non-hydrogen) atoms. The SMILES string of the molecule is O=C(Cc1cn2ccccc2n1)N1CCN(S(=O)(=O)c2ccc(Cl)s2)CC1. The fraction of sp³-hybridized carbons (Fsp3) is 0.294. The van der Waals surface area contributed by atoms with Crippen molar-refractivity contribution in [2.75, 3.05) is 26.2 Å². The molecule has 0 aliphatic carbocycles. The van der Waals surface area contributed by atoms with Gasteiger partial charge in [0.1, 0.15) is 9.86 Å². The third-order valence-electron chi connectivity index (χ3n) is 4.48. The lowest BCUT2D eigenvalue weighted by molar-refractivity contribution is -0.131. The van der Waals surface area contributed by atoms with Gasteiger partial charge in [0.15, 0.2) is 0 Å². The van der Waals surface area contributed by atoms with Gasteiger partial charge in [0.25, 0.3) is 10.0 Å². The third-order valence-corrected chi connectivity index (χ3v) is 8.08. The second-order valence-electron chi connectivity index (χ2n) is 6.22. The topological polar surface area (TPSA) is 75.0 Å². The molecule has 0 bridgehead atoms. The minimum absolute atomic E-state index is 0.0466. The van der Waals surface area contributed by atoms with E-state index in [9.17, 15) is 13.2 Å². The highest BCUT2D eigenvalue weighted by atomic mass is 35.5. The Morgan fingerprint density at radius 1 is 1.15 bits per heavy atom. The van der Waals surface area contributed by atoms with E-state index in [0.717, 1.165) is 17.0 Å². The molecule has 3 aromatic heterocycles. The van der Waals surface area contributed by atoms with Crippen LogP contribution >= 0.6 is 22.9 Å². The van der Waals surface area contributed by atoms with Crippen molar-refractivity contribution in [2.45, 2.75) is 10.6 Å². The molecule has 0 radical (unpaired) electrons. The Balaban J connectivity index is 1.39. The zero-order valence-corrected chi connectivity index (χ0v) is 16.7. The Labute approximate surface area is 165 Å². The summed E-state index contributed by atoms with van der Waals surface area (Å²) < 4.78 is 29.2. The van der Waals surface area contributed by atoms with Gasteiger partial charge in [-0.1, -0.05) is 17.7 Å². The Kier molecular flexibility index (Phi) is 4.94. The number of carbonyl (C=O) groups excluding carboxylic acids is 1. The maximum atomic E-state index is 12.6. The second-order valence-corrected chi connectivity index (χ2v) is 10.1. The van der Waals surface area contributed by atoms with Crippen molar-refractivity contribution < 1.29 is 13.2 Å². The molecule has 0 atom stereocenters. The predicted molar refractivity (Wildman–Crippen MR) is 104 cm³/mol. The number of aromatic nitrogens is 2. The van der Waals surface area contributed by atoms with E-state index in [4.69, 9.17) is 11.6 Å². The van der Waals surface area contributed by atoms with Crippen molar-refractivity contribution in [2.24, 2.45) is 0 Å². The number of hydrogen-bond acceptors (Lipinski definition) is 5. The number of fused-ring (bicyclic) bond motifs is 1. The van der Waals surface area contributed by atoms with Crippen LogP contribution in [0.15, 0.2) is 46.9 Å². The number of nitrogens with zero attached hydrogens (tertiary/aromatic N) is 4. The molecule has 7 nitrogen and oxygen atoms in total. The molecule has 0 unspecified atom stereocenters. The maximum Gasteiger partial charge on any atom is 0.252 e. The first-order valence-electron chi connectivity index (χ1n) is 8.39. The van der Waals surface area contributed by atoms with Crippen LogP contribution in [0.25, 0.3) is 5.65 Å². The number of halogens is 1. The lowest BCUT2D eigenvalue weighted by Gasteiger charge is -2.33. The molecule has 1 fully saturated rings. The zero-order valence-electron chi connectivity index (χ0n) is 14.3. The highest BCUT2D eigenvalue weighted by Crippen LogP contribution is 2.28. The Morgan fingerprint density at radius 3 is 2.59 bits per heavy atom. The minimum atomic E-state index is -3.55. The Hall–Kier alpha value is -1.94. The zero-order chi connectivity index (χ0) is 19.0. The van der Waals surface area contributed by atoms with E-state index in [1.54, 1.807) is 11.0 Å². The number of sulfonamides is 1. The molecule has 0 spiro atoms. The largest absolute Gasteiger partial charge is 0.340 e. The smallest absolute Gasteiger partial charge is 0.252 e. The summed E-state index contributed by atoms with van der Waals surface area (Å²) in [5.41, 5.74) is 1.50. The molecule has 4 rings (SSSR count). The van der Waals surface area contributed by atoms with Crippen molar-refractivity contribution in [3.8, 4) is 0 Å². The molecule has 4 heterocycles. The summed E-state index contributed by atoms with van der Waals surface area (Å²) in [7, 11) is -3.55. The van der Waals surface area contributed by atoms with Gasteiger partial charge in [0.05, 0.1) is 16.5 Å². The van der Waals surface area contributed by atoms with E-state index in [1.165, 1.54) is 10.4 Å². The number of imidazole rings is 1. The van der Waals surface area contributed by atoms with Gasteiger partial charge in [-0.3, -0.25) is 4.79 Å². The fourth-order valence-corrected chi connectivity index (χ4v) is 6.14. The van der Waals surface area contributed by atoms with E-state index in [1.807, 2.05) is 35.0 Å². The minimum Gasteiger partial charge on any atom is -0.340 e. The second kappa shape index (κ2) is 7.23. The van der Waals surface area contributed by atoms with E-state index >= 15 is 0 Å². The lowest BCUT2D eigenvalue weighted by Crippen LogP contribution is -2.50. The molecular formula is C17H17ClN4O3S2. The van der Waals surface area contributed by atoms with Gasteiger partial charge in [-0.15, -0.1) is 11.3 Å². The molecular weight excluding hydrogens is 408 g/mol. The average molecular weight is 425 g/mol. The van der Waals surface area contributed by atoms with Crippen LogP contribution in [0.3, 0.4) is 0 Å². The molecule has 3 aromatic rings. The standard InChI is InChI=1S/C17H17ClN4O3S2/c18-14-4-5-17(26-14)27(24,25)22-9-7-20(8-10-22)16(23)11-13-12-21-6-2-1-3-15(21)19-13/h1-6,12H,7-11H2. The van der Waals surface area contributed by atoms with Crippen molar-refractivity contribution in [1.82, 2.24) is 18.6 Å². The fourth-order valence-electron chi connectivity index (χ4n) is 3.08. The number of carbonyl (C=O) groups is 1. The van der Waals surface area contributed by atoms with Crippen molar-refractivity contribution in [1.29, 1.82) is 0 Å². The molecule has 10 heteroatoms. The van der Waals surface area contributed by atoms with E-state index in [-0.39, 0.29) is 29.6 Å². The number of piperazine rings is 1. The summed E-state index contributed by atoms with van der Waals surface area (Å²) in [4.78, 5) is 18.7. The number of pyridine rings is 1. The molecule has 0 N–H and O–H groups in total. The number of thiophene rings is 1. The van der Waals surface area contributed by atoms with Crippen LogP contribution in [0, 0.1) is 0 Å². The lowest BCUT2D eigenvalue weighted by atomic mass is 10.2. The predicted octanol–water partition coefficient (Wildman–Crippen LogP) is 2.12. The van der Waals surface area contributed by atoms with Gasteiger partial charge >= 0.3 is 0 Å². The Morgan fingerprint density at radius 2 is 1.93 bits per heavy atom. The van der Waals surface area contributed by atoms with Crippen LogP contribution in [-0.4, -0.2) is 59.1 Å². The molecule has 1 aliphatic rings. The quantitative estimate of drug-likeness (QED) is 0.643. The van der Waals surface area contributed by atoms with Crippen LogP contribution in [0.4, 0.5) is 0 Å². The summed E-state index contributed by atoms with van der Waals surface area (Å²) in [5, 5.41) is 0. The van der Waals surface area contributed by atoms with Gasteiger partial charge in [-0.2, -0.15) is 4.31 Å². The van der Waals surface area contributed by atoms with Crippen LogP contribution in [-0.2, 0) is 21.2 Å². The molecule has 0 saturated carbocycles. The third kappa shape index (κ3) is 3.73. The molecule has 0 aromatic carbocycles. The number of rotatable bonds is 4. The highest BCUT2D eigenvalue weighted by molar-refractivity contribution is 7.91. The molecule has 142 valence electrons. The molecule has 1 saturated heterocycles. The van der Waals surface area contributed by atoms with Gasteiger partial charge in [-0.05, 0) is 24.3 Å². The summed E-state index contributed by atoms with van der Waals surface area (Å²) >= 11 is 6.90. The Bertz CT molecular complexity index is 1050. The maximum absolute atomic E-state index is 12.6. The van der Waals surface area contributed by atoms with Gasteiger partial charge in [0, 0.05) is 38.6 Å². The van der Waals surface area contributed by atoms with Gasteiger partial charge in [0.2, 0.25) is 5.91 Å². The number of amides is 1. The van der Waals surface area contributed by atoms with E-state index in [0.29, 0.717) is 23.1 Å². The van der Waals surface area contributed by atoms with Crippen molar-refractivity contribution in [3.05, 3.63) is 52.8 Å². The van der Waals surface area contributed by atoms with E-state index < -0.39 is 10.0 Å². The summed E-state index contributed by atoms with van der Waals surface area (Å²) in [6.45, 7) is 1.28. The summed E-state index contributed by atoms with van der Waals surface area (Å²) in [5.74, 6) is -0.0466. The van der Waals surface area contributed by atoms with Crippen LogP contribution in [0.5, 0.6) is 0 Å². The first kappa shape index (κ1) is 18.4. The highest BCUT2D eigenvalue weighted by Gasteiger charge is 2.31. The van der Waals surface area contributed by atoms with Crippen LogP contribution in [0.2, 0.25) is 4.34 Å². The van der Waals surface area contributed by atoms with Crippen LogP contribution < -0.4 is 0 Å². The first-order valence-corrected chi connectivity index (χ1v) is 11.0. The molecule has 1 amide bonds.